The average Bonchev–Trinajstić information content (AvgIpc) is 2.83. The van der Waals surface area contributed by atoms with E-state index in [0.29, 0.717) is 0 Å². The lowest BCUT2D eigenvalue weighted by atomic mass is 9.93. The molecular formula is C14H16BrNOS. The summed E-state index contributed by atoms with van der Waals surface area (Å²) in [5.41, 5.74) is 1.92. The van der Waals surface area contributed by atoms with Crippen LogP contribution in [0.3, 0.4) is 0 Å². The van der Waals surface area contributed by atoms with Gasteiger partial charge < -0.3 is 10.4 Å². The molecule has 1 aromatic carbocycles. The smallest absolute Gasteiger partial charge is 0.0701 e. The molecule has 0 amide bonds. The van der Waals surface area contributed by atoms with Crippen LogP contribution in [0.15, 0.2) is 45.6 Å². The maximum Gasteiger partial charge on any atom is 0.0701 e. The Hall–Kier alpha value is -0.680. The van der Waals surface area contributed by atoms with Gasteiger partial charge in [0.25, 0.3) is 0 Å². The van der Waals surface area contributed by atoms with Crippen molar-refractivity contribution in [2.45, 2.75) is 19.0 Å². The summed E-state index contributed by atoms with van der Waals surface area (Å²) in [7, 11) is 0. The highest BCUT2D eigenvalue weighted by molar-refractivity contribution is 9.11. The van der Waals surface area contributed by atoms with E-state index in [-0.39, 0.29) is 6.61 Å². The number of hydrogen-bond acceptors (Lipinski definition) is 3. The molecule has 18 heavy (non-hydrogen) atoms. The fourth-order valence-electron chi connectivity index (χ4n) is 1.79. The molecule has 0 aliphatic rings. The first-order valence-corrected chi connectivity index (χ1v) is 7.46. The van der Waals surface area contributed by atoms with Crippen LogP contribution in [-0.2, 0) is 12.1 Å². The van der Waals surface area contributed by atoms with Crippen molar-refractivity contribution >= 4 is 27.3 Å². The summed E-state index contributed by atoms with van der Waals surface area (Å²) in [5.74, 6) is 0. The van der Waals surface area contributed by atoms with Gasteiger partial charge in [0.2, 0.25) is 0 Å². The molecule has 0 fully saturated rings. The van der Waals surface area contributed by atoms with Gasteiger partial charge in [0.15, 0.2) is 0 Å². The zero-order chi connectivity index (χ0) is 13.0. The Balaban J connectivity index is 2.09. The highest BCUT2D eigenvalue weighted by Gasteiger charge is 2.24. The van der Waals surface area contributed by atoms with Gasteiger partial charge in [-0.25, -0.2) is 0 Å². The van der Waals surface area contributed by atoms with E-state index in [0.717, 1.165) is 15.9 Å². The molecule has 2 rings (SSSR count). The second kappa shape index (κ2) is 5.97. The molecule has 0 bridgehead atoms. The van der Waals surface area contributed by atoms with Crippen LogP contribution in [0.1, 0.15) is 18.1 Å². The molecule has 0 aliphatic heterocycles. The van der Waals surface area contributed by atoms with Crippen LogP contribution < -0.4 is 5.32 Å². The summed E-state index contributed by atoms with van der Waals surface area (Å²) in [6, 6.07) is 12.1. The van der Waals surface area contributed by atoms with E-state index in [4.69, 9.17) is 0 Å². The van der Waals surface area contributed by atoms with Crippen molar-refractivity contribution in [3.63, 3.8) is 0 Å². The summed E-state index contributed by atoms with van der Waals surface area (Å²) in [5, 5.41) is 15.2. The average molecular weight is 326 g/mol. The molecule has 1 aromatic heterocycles. The second-order valence-corrected chi connectivity index (χ2v) is 6.76. The minimum absolute atomic E-state index is 0.0717. The van der Waals surface area contributed by atoms with Crippen LogP contribution in [-0.4, -0.2) is 11.7 Å². The molecule has 0 radical (unpaired) electrons. The number of aliphatic hydroxyl groups excluding tert-OH is 1. The van der Waals surface area contributed by atoms with Gasteiger partial charge in [0, 0.05) is 6.54 Å². The zero-order valence-corrected chi connectivity index (χ0v) is 12.6. The van der Waals surface area contributed by atoms with E-state index >= 15 is 0 Å². The van der Waals surface area contributed by atoms with Gasteiger partial charge in [-0.1, -0.05) is 30.3 Å². The van der Waals surface area contributed by atoms with Gasteiger partial charge in [-0.3, -0.25) is 0 Å². The van der Waals surface area contributed by atoms with Gasteiger partial charge >= 0.3 is 0 Å². The molecular weight excluding hydrogens is 310 g/mol. The molecule has 0 spiro atoms. The Labute approximate surface area is 120 Å². The lowest BCUT2D eigenvalue weighted by Gasteiger charge is -2.29. The Morgan fingerprint density at radius 2 is 2.06 bits per heavy atom. The van der Waals surface area contributed by atoms with Crippen molar-refractivity contribution in [2.24, 2.45) is 0 Å². The first kappa shape index (κ1) is 13.7. The minimum Gasteiger partial charge on any atom is -0.394 e. The number of hydrogen-bond donors (Lipinski definition) is 2. The second-order valence-electron chi connectivity index (χ2n) is 4.47. The normalized spacial score (nSPS) is 14.4. The number of aliphatic hydroxyl groups is 1. The van der Waals surface area contributed by atoms with Crippen molar-refractivity contribution in [3.8, 4) is 0 Å². The SMILES string of the molecule is CC(CO)(NCc1csc(Br)c1)c1ccccc1. The van der Waals surface area contributed by atoms with Gasteiger partial charge in [-0.05, 0) is 45.4 Å². The largest absolute Gasteiger partial charge is 0.394 e. The predicted octanol–water partition coefficient (Wildman–Crippen LogP) is 3.51. The molecule has 1 atom stereocenters. The Bertz CT molecular complexity index is 500. The zero-order valence-electron chi connectivity index (χ0n) is 10.2. The third-order valence-electron chi connectivity index (χ3n) is 3.03. The monoisotopic (exact) mass is 325 g/mol. The highest BCUT2D eigenvalue weighted by Crippen LogP contribution is 2.23. The quantitative estimate of drug-likeness (QED) is 0.881. The number of halogens is 1. The maximum absolute atomic E-state index is 9.65. The van der Waals surface area contributed by atoms with Crippen LogP contribution in [0.25, 0.3) is 0 Å². The van der Waals surface area contributed by atoms with Crippen molar-refractivity contribution in [1.82, 2.24) is 5.32 Å². The van der Waals surface area contributed by atoms with Gasteiger partial charge in [0.05, 0.1) is 15.9 Å². The van der Waals surface area contributed by atoms with E-state index in [2.05, 4.69) is 32.7 Å². The molecule has 1 unspecified atom stereocenters. The molecule has 1 heterocycles. The van der Waals surface area contributed by atoms with Crippen molar-refractivity contribution < 1.29 is 5.11 Å². The summed E-state index contributed by atoms with van der Waals surface area (Å²) in [6.45, 7) is 2.83. The first-order chi connectivity index (χ1) is 8.64. The Morgan fingerprint density at radius 3 is 2.61 bits per heavy atom. The fourth-order valence-corrected chi connectivity index (χ4v) is 3.00. The fraction of sp³-hybridized carbons (Fsp3) is 0.286. The number of thiophene rings is 1. The minimum atomic E-state index is -0.407. The third-order valence-corrected chi connectivity index (χ3v) is 4.58. The lowest BCUT2D eigenvalue weighted by molar-refractivity contribution is 0.173. The number of nitrogens with one attached hydrogen (secondary N) is 1. The van der Waals surface area contributed by atoms with Gasteiger partial charge in [-0.15, -0.1) is 11.3 Å². The van der Waals surface area contributed by atoms with Crippen LogP contribution >= 0.6 is 27.3 Å². The summed E-state index contributed by atoms with van der Waals surface area (Å²) >= 11 is 5.13. The number of rotatable bonds is 5. The standard InChI is InChI=1S/C14H16BrNOS/c1-14(10-17,12-5-3-2-4-6-12)16-8-11-7-13(15)18-9-11/h2-7,9,16-17H,8,10H2,1H3. The third kappa shape index (κ3) is 3.20. The Morgan fingerprint density at radius 1 is 1.33 bits per heavy atom. The van der Waals surface area contributed by atoms with Gasteiger partial charge in [0.1, 0.15) is 0 Å². The summed E-state index contributed by atoms with van der Waals surface area (Å²) < 4.78 is 1.13. The van der Waals surface area contributed by atoms with Crippen molar-refractivity contribution in [3.05, 3.63) is 56.7 Å². The van der Waals surface area contributed by atoms with E-state index in [1.165, 1.54) is 5.56 Å². The molecule has 0 aliphatic carbocycles. The van der Waals surface area contributed by atoms with Gasteiger partial charge in [-0.2, -0.15) is 0 Å². The molecule has 0 saturated carbocycles. The summed E-state index contributed by atoms with van der Waals surface area (Å²) in [6.07, 6.45) is 0. The molecule has 2 N–H and O–H groups in total. The first-order valence-electron chi connectivity index (χ1n) is 5.78. The van der Waals surface area contributed by atoms with E-state index in [9.17, 15) is 5.11 Å². The molecule has 4 heteroatoms. The molecule has 2 nitrogen and oxygen atoms in total. The maximum atomic E-state index is 9.65. The van der Waals surface area contributed by atoms with Crippen molar-refractivity contribution in [1.29, 1.82) is 0 Å². The van der Waals surface area contributed by atoms with Crippen LogP contribution in [0, 0.1) is 0 Å². The van der Waals surface area contributed by atoms with Crippen LogP contribution in [0.4, 0.5) is 0 Å². The van der Waals surface area contributed by atoms with Crippen LogP contribution in [0.5, 0.6) is 0 Å². The topological polar surface area (TPSA) is 32.3 Å². The van der Waals surface area contributed by atoms with E-state index in [1.807, 2.05) is 37.3 Å². The predicted molar refractivity (Wildman–Crippen MR) is 79.7 cm³/mol. The van der Waals surface area contributed by atoms with Crippen molar-refractivity contribution in [2.75, 3.05) is 6.61 Å². The lowest BCUT2D eigenvalue weighted by Crippen LogP contribution is -2.42. The molecule has 2 aromatic rings. The van der Waals surface area contributed by atoms with Crippen LogP contribution in [0.2, 0.25) is 0 Å². The van der Waals surface area contributed by atoms with E-state index < -0.39 is 5.54 Å². The van der Waals surface area contributed by atoms with E-state index in [1.54, 1.807) is 11.3 Å². The summed E-state index contributed by atoms with van der Waals surface area (Å²) in [4.78, 5) is 0. The molecule has 96 valence electrons. The number of benzene rings is 1. The molecule has 0 saturated heterocycles. The highest BCUT2D eigenvalue weighted by atomic mass is 79.9. The Kier molecular flexibility index (Phi) is 4.56.